The van der Waals surface area contributed by atoms with Crippen molar-refractivity contribution in [3.63, 3.8) is 0 Å². The average Bonchev–Trinajstić information content (AvgIpc) is 3.07. The lowest BCUT2D eigenvalue weighted by Crippen LogP contribution is -2.59. The number of carbonyl (C=O) groups is 2. The number of hydrogen-bond donors (Lipinski definition) is 8. The first-order valence-electron chi connectivity index (χ1n) is 18.8. The molecule has 2 saturated heterocycles. The maximum atomic E-state index is 13.7. The smallest absolute Gasteiger partial charge is 0.186 e. The number of carbonyl (C=O) groups excluding carboxylic acids is 2. The molecule has 15 atom stereocenters. The van der Waals surface area contributed by atoms with Crippen LogP contribution in [-0.4, -0.2) is 139 Å². The Kier molecular flexibility index (Phi) is 16.4. The number of Topliss-reactive ketones (excluding diaryl/α,β-unsaturated/α-hetero) is 2. The van der Waals surface area contributed by atoms with Crippen molar-refractivity contribution in [3.8, 4) is 0 Å². The van der Waals surface area contributed by atoms with Gasteiger partial charge in [-0.05, 0) is 88.0 Å². The van der Waals surface area contributed by atoms with E-state index >= 15 is 0 Å². The number of ether oxygens (including phenoxy) is 4. The first-order valence-corrected chi connectivity index (χ1v) is 18.8. The van der Waals surface area contributed by atoms with Crippen LogP contribution >= 0.6 is 0 Å². The van der Waals surface area contributed by atoms with Crippen molar-refractivity contribution < 1.29 is 69.4 Å². The molecule has 14 heteroatoms. The normalized spacial score (nSPS) is 38.3. The Labute approximate surface area is 308 Å². The second kappa shape index (κ2) is 19.0. The number of aliphatic hydroxyl groups is 8. The van der Waals surface area contributed by atoms with Gasteiger partial charge in [0.1, 0.15) is 54.6 Å². The van der Waals surface area contributed by atoms with Gasteiger partial charge < -0.3 is 59.8 Å². The maximum Gasteiger partial charge on any atom is 0.186 e. The van der Waals surface area contributed by atoms with Crippen molar-refractivity contribution in [2.45, 2.75) is 180 Å². The van der Waals surface area contributed by atoms with Crippen LogP contribution in [-0.2, 0) is 28.5 Å². The van der Waals surface area contributed by atoms with Gasteiger partial charge in [0.15, 0.2) is 18.4 Å². The molecule has 0 bridgehead atoms. The van der Waals surface area contributed by atoms with Gasteiger partial charge in [-0.1, -0.05) is 33.3 Å². The summed E-state index contributed by atoms with van der Waals surface area (Å²) in [6, 6.07) is 0. The lowest BCUT2D eigenvalue weighted by Gasteiger charge is -2.52. The molecule has 302 valence electrons. The Hall–Kier alpha value is -1.40. The molecular formula is C38H66O14. The van der Waals surface area contributed by atoms with Crippen molar-refractivity contribution in [1.29, 1.82) is 0 Å². The van der Waals surface area contributed by atoms with Crippen LogP contribution in [0, 0.1) is 22.7 Å². The Morgan fingerprint density at radius 3 is 1.75 bits per heavy atom. The topological polar surface area (TPSA) is 233 Å². The molecule has 0 spiro atoms. The fourth-order valence-corrected chi connectivity index (χ4v) is 8.92. The van der Waals surface area contributed by atoms with E-state index in [2.05, 4.69) is 27.7 Å². The number of ketones is 2. The highest BCUT2D eigenvalue weighted by Gasteiger charge is 2.50. The third-order valence-electron chi connectivity index (χ3n) is 11.8. The predicted molar refractivity (Wildman–Crippen MR) is 188 cm³/mol. The molecule has 14 nitrogen and oxygen atoms in total. The highest BCUT2D eigenvalue weighted by Crippen LogP contribution is 2.55. The van der Waals surface area contributed by atoms with E-state index in [1.54, 1.807) is 13.8 Å². The Bertz CT molecular complexity index is 1200. The lowest BCUT2D eigenvalue weighted by molar-refractivity contribution is -0.310. The van der Waals surface area contributed by atoms with E-state index < -0.39 is 86.8 Å². The monoisotopic (exact) mass is 746 g/mol. The molecule has 1 aliphatic carbocycles. The summed E-state index contributed by atoms with van der Waals surface area (Å²) in [5.41, 5.74) is 0.835. The quantitative estimate of drug-likeness (QED) is 0.0981. The second-order valence-electron chi connectivity index (χ2n) is 16.7. The zero-order valence-corrected chi connectivity index (χ0v) is 32.2. The minimum Gasteiger partial charge on any atom is -0.394 e. The van der Waals surface area contributed by atoms with Crippen LogP contribution in [0.15, 0.2) is 11.1 Å². The van der Waals surface area contributed by atoms with E-state index in [4.69, 9.17) is 18.9 Å². The van der Waals surface area contributed by atoms with Crippen LogP contribution < -0.4 is 0 Å². The molecule has 2 aliphatic heterocycles. The molecule has 3 unspecified atom stereocenters. The van der Waals surface area contributed by atoms with Gasteiger partial charge >= 0.3 is 0 Å². The third-order valence-corrected chi connectivity index (χ3v) is 11.8. The van der Waals surface area contributed by atoms with E-state index in [9.17, 15) is 50.4 Å². The highest BCUT2D eigenvalue weighted by molar-refractivity contribution is 5.95. The Balaban J connectivity index is 1.68. The Morgan fingerprint density at radius 1 is 0.808 bits per heavy atom. The molecule has 3 rings (SSSR count). The minimum atomic E-state index is -1.54. The summed E-state index contributed by atoms with van der Waals surface area (Å²) >= 11 is 0. The summed E-state index contributed by atoms with van der Waals surface area (Å²) in [4.78, 5) is 26.4. The van der Waals surface area contributed by atoms with Crippen molar-refractivity contribution in [2.75, 3.05) is 13.2 Å². The van der Waals surface area contributed by atoms with Crippen LogP contribution in [0.2, 0.25) is 0 Å². The largest absolute Gasteiger partial charge is 0.394 e. The van der Waals surface area contributed by atoms with Crippen molar-refractivity contribution in [3.05, 3.63) is 11.1 Å². The van der Waals surface area contributed by atoms with Crippen molar-refractivity contribution in [1.82, 2.24) is 0 Å². The number of rotatable bonds is 17. The summed E-state index contributed by atoms with van der Waals surface area (Å²) < 4.78 is 22.8. The molecule has 0 aromatic rings. The molecule has 3 fully saturated rings. The van der Waals surface area contributed by atoms with Gasteiger partial charge in [0.25, 0.3) is 0 Å². The molecule has 1 saturated carbocycles. The molecule has 0 aromatic carbocycles. The van der Waals surface area contributed by atoms with E-state index in [1.807, 2.05) is 13.8 Å². The summed E-state index contributed by atoms with van der Waals surface area (Å²) in [7, 11) is 0. The van der Waals surface area contributed by atoms with Gasteiger partial charge in [0.05, 0.1) is 25.4 Å². The first kappa shape index (κ1) is 45.0. The SMILES string of the molecule is C/C(CCC(C)O[C@@H]1O[C@H](CO)[C@@H](O)[C@H](O)[C@H]1O)=C(\C)C(=O)CCC(C)(CCC(C)O[C@@H]1O[C@H](CO)[C@@H](O)[C@H](O)[C@H]1O)[C@H]1[C@H](C)CC(=O)CC1(C)C. The Morgan fingerprint density at radius 2 is 1.29 bits per heavy atom. The lowest BCUT2D eigenvalue weighted by atomic mass is 9.52. The van der Waals surface area contributed by atoms with E-state index in [0.29, 0.717) is 50.5 Å². The van der Waals surface area contributed by atoms with E-state index in [-0.39, 0.29) is 40.7 Å². The number of hydrogen-bond acceptors (Lipinski definition) is 14. The zero-order chi connectivity index (χ0) is 39.3. The predicted octanol–water partition coefficient (Wildman–Crippen LogP) is 1.29. The third kappa shape index (κ3) is 10.9. The van der Waals surface area contributed by atoms with Crippen molar-refractivity contribution in [2.24, 2.45) is 22.7 Å². The molecular weight excluding hydrogens is 680 g/mol. The molecule has 0 amide bonds. The van der Waals surface area contributed by atoms with Crippen molar-refractivity contribution >= 4 is 11.6 Å². The van der Waals surface area contributed by atoms with Gasteiger partial charge in [0, 0.05) is 19.3 Å². The van der Waals surface area contributed by atoms with Crippen LogP contribution in [0.4, 0.5) is 0 Å². The number of allylic oxidation sites excluding steroid dienone is 2. The molecule has 0 aromatic heterocycles. The fourth-order valence-electron chi connectivity index (χ4n) is 8.92. The van der Waals surface area contributed by atoms with Gasteiger partial charge in [-0.25, -0.2) is 0 Å². The number of aliphatic hydroxyl groups excluding tert-OH is 8. The fraction of sp³-hybridized carbons (Fsp3) is 0.895. The molecule has 0 radical (unpaired) electrons. The van der Waals surface area contributed by atoms with Crippen LogP contribution in [0.1, 0.15) is 107 Å². The summed E-state index contributed by atoms with van der Waals surface area (Å²) in [5, 5.41) is 80.3. The minimum absolute atomic E-state index is 0.00851. The highest BCUT2D eigenvalue weighted by atomic mass is 16.7. The van der Waals surface area contributed by atoms with Crippen LogP contribution in [0.3, 0.4) is 0 Å². The van der Waals surface area contributed by atoms with Gasteiger partial charge in [-0.15, -0.1) is 0 Å². The first-order chi connectivity index (χ1) is 24.2. The summed E-state index contributed by atoms with van der Waals surface area (Å²) in [6.45, 7) is 14.7. The zero-order valence-electron chi connectivity index (χ0n) is 32.2. The molecule has 52 heavy (non-hydrogen) atoms. The standard InChI is InChI=1S/C38H66O14/c1-19(9-10-21(3)49-35-32(47)30(45)28(43)26(17-39)51-35)23(5)25(42)12-14-38(8,34-20(2)15-24(41)16-37(34,6)7)13-11-22(4)50-36-33(48)31(46)29(44)27(18-40)52-36/h20-22,26-36,39-40,43-48H,9-18H2,1-8H3/b23-19-/t20-,21?,22?,26-,27-,28-,29-,30+,31+,32-,33-,34+,35-,36-,38?/m1/s1. The van der Waals surface area contributed by atoms with Crippen LogP contribution in [0.5, 0.6) is 0 Å². The van der Waals surface area contributed by atoms with Crippen LogP contribution in [0.25, 0.3) is 0 Å². The van der Waals surface area contributed by atoms with Gasteiger partial charge in [-0.2, -0.15) is 0 Å². The van der Waals surface area contributed by atoms with E-state index in [1.165, 1.54) is 0 Å². The summed E-state index contributed by atoms with van der Waals surface area (Å²) in [6.07, 6.45) is -10.6. The van der Waals surface area contributed by atoms with E-state index in [0.717, 1.165) is 5.57 Å². The molecule has 3 aliphatic rings. The van der Waals surface area contributed by atoms with Gasteiger partial charge in [-0.3, -0.25) is 9.59 Å². The average molecular weight is 747 g/mol. The molecule has 2 heterocycles. The van der Waals surface area contributed by atoms with Gasteiger partial charge in [0.2, 0.25) is 0 Å². The second-order valence-corrected chi connectivity index (χ2v) is 16.7. The summed E-state index contributed by atoms with van der Waals surface area (Å²) in [5.74, 6) is 0.428. The molecule has 8 N–H and O–H groups in total. The maximum absolute atomic E-state index is 13.7.